The summed E-state index contributed by atoms with van der Waals surface area (Å²) in [7, 11) is 0. The Balaban J connectivity index is 1.52. The van der Waals surface area contributed by atoms with Crippen LogP contribution < -0.4 is 10.6 Å². The summed E-state index contributed by atoms with van der Waals surface area (Å²) in [5, 5.41) is 6.69. The van der Waals surface area contributed by atoms with Crippen molar-refractivity contribution in [1.29, 1.82) is 0 Å². The van der Waals surface area contributed by atoms with Crippen molar-refractivity contribution in [3.63, 3.8) is 0 Å². The Hall–Kier alpha value is -2.04. The molecule has 5 nitrogen and oxygen atoms in total. The van der Waals surface area contributed by atoms with Gasteiger partial charge in [0, 0.05) is 31.6 Å². The van der Waals surface area contributed by atoms with E-state index in [1.54, 1.807) is 0 Å². The van der Waals surface area contributed by atoms with Gasteiger partial charge >= 0.3 is 0 Å². The first kappa shape index (κ1) is 15.8. The Morgan fingerprint density at radius 3 is 2.70 bits per heavy atom. The molecule has 1 aliphatic heterocycles. The molecule has 2 atom stereocenters. The van der Waals surface area contributed by atoms with Gasteiger partial charge in [-0.1, -0.05) is 30.3 Å². The van der Waals surface area contributed by atoms with E-state index in [1.807, 2.05) is 17.9 Å². The number of guanidine groups is 1. The largest absolute Gasteiger partial charge is 0.357 e. The molecule has 0 spiro atoms. The number of nitrogens with zero attached hydrogens (tertiary/aromatic N) is 2. The number of likely N-dealkylation sites (tertiary alicyclic amines) is 1. The third kappa shape index (κ3) is 4.24. The van der Waals surface area contributed by atoms with Crippen molar-refractivity contribution >= 4 is 11.9 Å². The zero-order chi connectivity index (χ0) is 16.1. The normalized spacial score (nSPS) is 23.7. The van der Waals surface area contributed by atoms with Gasteiger partial charge in [0.25, 0.3) is 0 Å². The van der Waals surface area contributed by atoms with Crippen LogP contribution in [0, 0.1) is 0 Å². The molecule has 0 bridgehead atoms. The molecule has 1 heterocycles. The van der Waals surface area contributed by atoms with Crippen molar-refractivity contribution in [2.75, 3.05) is 26.2 Å². The molecule has 1 aromatic carbocycles. The lowest BCUT2D eigenvalue weighted by Gasteiger charge is -2.15. The first-order valence-electron chi connectivity index (χ1n) is 8.65. The summed E-state index contributed by atoms with van der Waals surface area (Å²) in [6, 6.07) is 11.0. The Morgan fingerprint density at radius 2 is 2.00 bits per heavy atom. The number of amides is 1. The minimum Gasteiger partial charge on any atom is -0.357 e. The van der Waals surface area contributed by atoms with E-state index < -0.39 is 0 Å². The highest BCUT2D eigenvalue weighted by Crippen LogP contribution is 2.40. The molecule has 5 heteroatoms. The van der Waals surface area contributed by atoms with Gasteiger partial charge < -0.3 is 15.5 Å². The van der Waals surface area contributed by atoms with Crippen LogP contribution in [0.15, 0.2) is 35.3 Å². The minimum absolute atomic E-state index is 0.134. The molecule has 1 saturated carbocycles. The fraction of sp³-hybridized carbons (Fsp3) is 0.556. The number of carbonyl (C=O) groups is 1. The quantitative estimate of drug-likeness (QED) is 0.643. The van der Waals surface area contributed by atoms with Crippen molar-refractivity contribution in [3.8, 4) is 0 Å². The number of rotatable bonds is 5. The van der Waals surface area contributed by atoms with E-state index in [2.05, 4.69) is 39.9 Å². The SMILES string of the molecule is CCNC(=NCC(=O)N1CCCC1)NC1CC1c1ccccc1. The molecule has 2 unspecified atom stereocenters. The highest BCUT2D eigenvalue weighted by Gasteiger charge is 2.38. The summed E-state index contributed by atoms with van der Waals surface area (Å²) in [6.45, 7) is 4.85. The molecule has 2 N–H and O–H groups in total. The number of carbonyl (C=O) groups excluding carboxylic acids is 1. The highest BCUT2D eigenvalue weighted by molar-refractivity contribution is 5.85. The van der Waals surface area contributed by atoms with Crippen molar-refractivity contribution in [2.24, 2.45) is 4.99 Å². The van der Waals surface area contributed by atoms with E-state index in [1.165, 1.54) is 5.56 Å². The molecule has 1 aliphatic carbocycles. The van der Waals surface area contributed by atoms with Crippen LogP contribution in [0.3, 0.4) is 0 Å². The monoisotopic (exact) mass is 314 g/mol. The molecule has 1 saturated heterocycles. The summed E-state index contributed by atoms with van der Waals surface area (Å²) < 4.78 is 0. The Kier molecular flexibility index (Phi) is 5.16. The van der Waals surface area contributed by atoms with Gasteiger partial charge in [0.1, 0.15) is 6.54 Å². The van der Waals surface area contributed by atoms with Gasteiger partial charge in [0.05, 0.1) is 0 Å². The van der Waals surface area contributed by atoms with Crippen molar-refractivity contribution in [1.82, 2.24) is 15.5 Å². The number of hydrogen-bond acceptors (Lipinski definition) is 2. The molecule has 1 amide bonds. The van der Waals surface area contributed by atoms with Crippen molar-refractivity contribution in [3.05, 3.63) is 35.9 Å². The van der Waals surface area contributed by atoms with Crippen molar-refractivity contribution in [2.45, 2.75) is 38.1 Å². The molecular formula is C18H26N4O. The second-order valence-electron chi connectivity index (χ2n) is 6.29. The van der Waals surface area contributed by atoms with Crippen LogP contribution in [0.25, 0.3) is 0 Å². The molecule has 2 fully saturated rings. The molecule has 0 aromatic heterocycles. The third-order valence-corrected chi connectivity index (χ3v) is 4.52. The maximum atomic E-state index is 12.1. The van der Waals surface area contributed by atoms with Crippen LogP contribution in [-0.2, 0) is 4.79 Å². The lowest BCUT2D eigenvalue weighted by molar-refractivity contribution is -0.128. The molecule has 0 radical (unpaired) electrons. The molecule has 124 valence electrons. The number of nitrogens with one attached hydrogen (secondary N) is 2. The third-order valence-electron chi connectivity index (χ3n) is 4.52. The standard InChI is InChI=1S/C18H26N4O/c1-2-19-18(20-13-17(23)22-10-6-7-11-22)21-16-12-15(16)14-8-4-3-5-9-14/h3-5,8-9,15-16H,2,6-7,10-13H2,1H3,(H2,19,20,21). The summed E-state index contributed by atoms with van der Waals surface area (Å²) >= 11 is 0. The van der Waals surface area contributed by atoms with E-state index in [0.717, 1.165) is 44.9 Å². The maximum absolute atomic E-state index is 12.1. The molecule has 3 rings (SSSR count). The van der Waals surface area contributed by atoms with Crippen molar-refractivity contribution < 1.29 is 4.79 Å². The topological polar surface area (TPSA) is 56.7 Å². The van der Waals surface area contributed by atoms with E-state index in [9.17, 15) is 4.79 Å². The Labute approximate surface area is 138 Å². The van der Waals surface area contributed by atoms with Gasteiger partial charge in [-0.2, -0.15) is 0 Å². The van der Waals surface area contributed by atoms with E-state index >= 15 is 0 Å². The van der Waals surface area contributed by atoms with Gasteiger partial charge in [0.15, 0.2) is 5.96 Å². The zero-order valence-electron chi connectivity index (χ0n) is 13.8. The number of aliphatic imine (C=N–C) groups is 1. The first-order valence-corrected chi connectivity index (χ1v) is 8.65. The van der Waals surface area contributed by atoms with Gasteiger partial charge in [0.2, 0.25) is 5.91 Å². The smallest absolute Gasteiger partial charge is 0.244 e. The van der Waals surface area contributed by atoms with E-state index in [-0.39, 0.29) is 12.5 Å². The van der Waals surface area contributed by atoms with Gasteiger partial charge in [-0.25, -0.2) is 4.99 Å². The van der Waals surface area contributed by atoms with Gasteiger partial charge in [-0.3, -0.25) is 4.79 Å². The first-order chi connectivity index (χ1) is 11.3. The van der Waals surface area contributed by atoms with E-state index in [0.29, 0.717) is 12.0 Å². The predicted molar refractivity (Wildman–Crippen MR) is 92.5 cm³/mol. The lowest BCUT2D eigenvalue weighted by atomic mass is 10.1. The summed E-state index contributed by atoms with van der Waals surface area (Å²) in [5.74, 6) is 1.44. The second kappa shape index (κ2) is 7.49. The highest BCUT2D eigenvalue weighted by atomic mass is 16.2. The molecule has 2 aliphatic rings. The second-order valence-corrected chi connectivity index (χ2v) is 6.29. The van der Waals surface area contributed by atoms with Crippen LogP contribution in [0.2, 0.25) is 0 Å². The maximum Gasteiger partial charge on any atom is 0.244 e. The van der Waals surface area contributed by atoms with Crippen LogP contribution in [0.4, 0.5) is 0 Å². The Morgan fingerprint density at radius 1 is 1.26 bits per heavy atom. The van der Waals surface area contributed by atoms with Gasteiger partial charge in [-0.15, -0.1) is 0 Å². The van der Waals surface area contributed by atoms with Crippen LogP contribution in [-0.4, -0.2) is 49.0 Å². The molecular weight excluding hydrogens is 288 g/mol. The minimum atomic E-state index is 0.134. The van der Waals surface area contributed by atoms with E-state index in [4.69, 9.17) is 0 Å². The summed E-state index contributed by atoms with van der Waals surface area (Å²) in [6.07, 6.45) is 3.36. The van der Waals surface area contributed by atoms with Gasteiger partial charge in [-0.05, 0) is 31.7 Å². The summed E-state index contributed by atoms with van der Waals surface area (Å²) in [5.41, 5.74) is 1.37. The summed E-state index contributed by atoms with van der Waals surface area (Å²) in [4.78, 5) is 18.5. The number of benzene rings is 1. The lowest BCUT2D eigenvalue weighted by Crippen LogP contribution is -2.40. The molecule has 1 aromatic rings. The van der Waals surface area contributed by atoms with Crippen LogP contribution >= 0.6 is 0 Å². The fourth-order valence-electron chi connectivity index (χ4n) is 3.13. The molecule has 23 heavy (non-hydrogen) atoms. The number of hydrogen-bond donors (Lipinski definition) is 2. The Bertz CT molecular complexity index is 551. The fourth-order valence-corrected chi connectivity index (χ4v) is 3.13. The zero-order valence-corrected chi connectivity index (χ0v) is 13.8. The average molecular weight is 314 g/mol. The van der Waals surface area contributed by atoms with Crippen LogP contribution in [0.1, 0.15) is 37.7 Å². The predicted octanol–water partition coefficient (Wildman–Crippen LogP) is 1.72. The average Bonchev–Trinajstić information content (AvgIpc) is 3.12. The van der Waals surface area contributed by atoms with Crippen LogP contribution in [0.5, 0.6) is 0 Å².